The molecular weight excluding hydrogens is 345 g/mol. The normalized spacial score (nSPS) is 19.8. The van der Waals surface area contributed by atoms with E-state index in [0.717, 1.165) is 12.1 Å². The highest BCUT2D eigenvalue weighted by atomic mass is 35.5. The average Bonchev–Trinajstić information content (AvgIpc) is 2.78. The van der Waals surface area contributed by atoms with Crippen molar-refractivity contribution in [2.75, 3.05) is 12.4 Å². The number of amides is 1. The molecule has 2 heterocycles. The molecule has 3 rings (SSSR count). The van der Waals surface area contributed by atoms with Crippen molar-refractivity contribution >= 4 is 23.2 Å². The van der Waals surface area contributed by atoms with E-state index in [1.807, 2.05) is 0 Å². The van der Waals surface area contributed by atoms with E-state index >= 15 is 0 Å². The molecule has 1 N–H and O–H groups in total. The van der Waals surface area contributed by atoms with Crippen molar-refractivity contribution in [3.05, 3.63) is 52.2 Å². The zero-order valence-corrected chi connectivity index (χ0v) is 13.4. The number of nitrogens with zero attached hydrogens (tertiary/aromatic N) is 1. The number of ether oxygens (including phenoxy) is 1. The first kappa shape index (κ1) is 16.6. The molecule has 0 aliphatic carbocycles. The first-order valence-electron chi connectivity index (χ1n) is 6.91. The summed E-state index contributed by atoms with van der Waals surface area (Å²) < 4.78 is 43.8. The second-order valence-electron chi connectivity index (χ2n) is 5.55. The van der Waals surface area contributed by atoms with Crippen LogP contribution in [-0.2, 0) is 16.4 Å². The van der Waals surface area contributed by atoms with Crippen LogP contribution < -0.4 is 10.1 Å². The van der Waals surface area contributed by atoms with E-state index in [4.69, 9.17) is 16.3 Å². The van der Waals surface area contributed by atoms with E-state index in [9.17, 15) is 18.0 Å². The van der Waals surface area contributed by atoms with Gasteiger partial charge in [-0.2, -0.15) is 13.2 Å². The molecule has 0 saturated carbocycles. The summed E-state index contributed by atoms with van der Waals surface area (Å²) in [7, 11) is 1.39. The Hall–Kier alpha value is -2.28. The van der Waals surface area contributed by atoms with Crippen LogP contribution in [0.15, 0.2) is 30.5 Å². The molecule has 1 atom stereocenters. The lowest BCUT2D eigenvalue weighted by Gasteiger charge is -2.24. The van der Waals surface area contributed by atoms with Crippen LogP contribution in [0.3, 0.4) is 0 Å². The average molecular weight is 357 g/mol. The maximum absolute atomic E-state index is 12.9. The molecule has 1 amide bonds. The number of methoxy groups -OCH3 is 1. The van der Waals surface area contributed by atoms with E-state index in [0.29, 0.717) is 16.1 Å². The fourth-order valence-electron chi connectivity index (χ4n) is 2.84. The van der Waals surface area contributed by atoms with Gasteiger partial charge in [-0.3, -0.25) is 4.79 Å². The molecule has 1 aliphatic heterocycles. The minimum Gasteiger partial charge on any atom is -0.481 e. The highest BCUT2D eigenvalue weighted by molar-refractivity contribution is 6.30. The number of carbonyl (C=O) groups excluding carboxylic acids is 1. The van der Waals surface area contributed by atoms with Gasteiger partial charge in [-0.1, -0.05) is 17.7 Å². The Morgan fingerprint density at radius 2 is 1.96 bits per heavy atom. The van der Waals surface area contributed by atoms with Crippen LogP contribution in [0.5, 0.6) is 5.88 Å². The highest BCUT2D eigenvalue weighted by Crippen LogP contribution is 2.47. The Labute approximate surface area is 140 Å². The molecule has 1 aliphatic rings. The fraction of sp³-hybridized carbons (Fsp3) is 0.250. The van der Waals surface area contributed by atoms with Crippen LogP contribution in [0, 0.1) is 0 Å². The topological polar surface area (TPSA) is 51.2 Å². The van der Waals surface area contributed by atoms with Gasteiger partial charge in [-0.15, -0.1) is 0 Å². The number of rotatable bonds is 2. The third-order valence-electron chi connectivity index (χ3n) is 4.14. The molecule has 0 radical (unpaired) electrons. The van der Waals surface area contributed by atoms with E-state index in [1.165, 1.54) is 25.4 Å². The Morgan fingerprint density at radius 1 is 1.25 bits per heavy atom. The van der Waals surface area contributed by atoms with Gasteiger partial charge >= 0.3 is 6.18 Å². The lowest BCUT2D eigenvalue weighted by atomic mass is 9.77. The molecule has 126 valence electrons. The van der Waals surface area contributed by atoms with Gasteiger partial charge in [0, 0.05) is 17.4 Å². The zero-order chi connectivity index (χ0) is 17.7. The largest absolute Gasteiger partial charge is 0.481 e. The number of aromatic nitrogens is 1. The standard InChI is InChI=1S/C16H12ClF3N2O2/c1-15(11-6-9(17)7-21-13(11)24-2)10-4-3-8(16(18,19)20)5-12(10)22-14(15)23/h3-7H,1-2H3,(H,22,23)/t15-/m1/s1. The van der Waals surface area contributed by atoms with Gasteiger partial charge in [-0.25, -0.2) is 4.98 Å². The summed E-state index contributed by atoms with van der Waals surface area (Å²) in [6.07, 6.45) is -3.12. The monoisotopic (exact) mass is 356 g/mol. The second-order valence-corrected chi connectivity index (χ2v) is 5.98. The molecule has 1 aromatic carbocycles. The van der Waals surface area contributed by atoms with Crippen LogP contribution in [0.25, 0.3) is 0 Å². The van der Waals surface area contributed by atoms with Crippen molar-refractivity contribution in [3.8, 4) is 5.88 Å². The van der Waals surface area contributed by atoms with E-state index in [-0.39, 0.29) is 11.6 Å². The number of pyridine rings is 1. The van der Waals surface area contributed by atoms with E-state index in [2.05, 4.69) is 10.3 Å². The Kier molecular flexibility index (Phi) is 3.71. The maximum atomic E-state index is 12.9. The van der Waals surface area contributed by atoms with Gasteiger partial charge in [0.1, 0.15) is 5.41 Å². The number of alkyl halides is 3. The second kappa shape index (κ2) is 5.37. The number of hydrogen-bond donors (Lipinski definition) is 1. The molecule has 24 heavy (non-hydrogen) atoms. The molecule has 0 bridgehead atoms. The molecule has 0 spiro atoms. The van der Waals surface area contributed by atoms with Crippen LogP contribution in [0.4, 0.5) is 18.9 Å². The summed E-state index contributed by atoms with van der Waals surface area (Å²) >= 11 is 5.98. The smallest absolute Gasteiger partial charge is 0.416 e. The van der Waals surface area contributed by atoms with Crippen LogP contribution in [0.1, 0.15) is 23.6 Å². The summed E-state index contributed by atoms with van der Waals surface area (Å²) in [5, 5.41) is 2.80. The molecule has 1 aromatic heterocycles. The summed E-state index contributed by atoms with van der Waals surface area (Å²) in [5.41, 5.74) is -1.19. The Morgan fingerprint density at radius 3 is 2.58 bits per heavy atom. The lowest BCUT2D eigenvalue weighted by Crippen LogP contribution is -2.33. The van der Waals surface area contributed by atoms with Crippen LogP contribution >= 0.6 is 11.6 Å². The third-order valence-corrected chi connectivity index (χ3v) is 4.34. The number of halogens is 4. The van der Waals surface area contributed by atoms with Crippen molar-refractivity contribution < 1.29 is 22.7 Å². The van der Waals surface area contributed by atoms with Gasteiger partial charge in [0.15, 0.2) is 0 Å². The van der Waals surface area contributed by atoms with Crippen LogP contribution in [-0.4, -0.2) is 18.0 Å². The van der Waals surface area contributed by atoms with E-state index < -0.39 is 23.1 Å². The minimum absolute atomic E-state index is 0.111. The van der Waals surface area contributed by atoms with Gasteiger partial charge in [-0.05, 0) is 30.7 Å². The van der Waals surface area contributed by atoms with Crippen molar-refractivity contribution in [2.24, 2.45) is 0 Å². The number of hydrogen-bond acceptors (Lipinski definition) is 3. The first-order chi connectivity index (χ1) is 11.2. The third kappa shape index (κ3) is 2.39. The predicted molar refractivity (Wildman–Crippen MR) is 82.3 cm³/mol. The number of benzene rings is 1. The van der Waals surface area contributed by atoms with Gasteiger partial charge in [0.05, 0.1) is 17.7 Å². The summed E-state index contributed by atoms with van der Waals surface area (Å²) in [4.78, 5) is 16.6. The number of carbonyl (C=O) groups is 1. The quantitative estimate of drug-likeness (QED) is 0.884. The van der Waals surface area contributed by atoms with Crippen molar-refractivity contribution in [3.63, 3.8) is 0 Å². The summed E-state index contributed by atoms with van der Waals surface area (Å²) in [5.74, 6) is -0.288. The Bertz CT molecular complexity index is 839. The predicted octanol–water partition coefficient (Wildman–Crippen LogP) is 4.02. The number of fused-ring (bicyclic) bond motifs is 1. The molecule has 2 aromatic rings. The van der Waals surface area contributed by atoms with Gasteiger partial charge in [0.2, 0.25) is 11.8 Å². The minimum atomic E-state index is -4.49. The number of nitrogens with one attached hydrogen (secondary N) is 1. The van der Waals surface area contributed by atoms with E-state index in [1.54, 1.807) is 6.92 Å². The van der Waals surface area contributed by atoms with Crippen LogP contribution in [0.2, 0.25) is 5.02 Å². The molecule has 0 unspecified atom stereocenters. The zero-order valence-electron chi connectivity index (χ0n) is 12.7. The van der Waals surface area contributed by atoms with Gasteiger partial charge < -0.3 is 10.1 Å². The summed E-state index contributed by atoms with van der Waals surface area (Å²) in [6, 6.07) is 4.68. The molecule has 4 nitrogen and oxygen atoms in total. The van der Waals surface area contributed by atoms with Crippen molar-refractivity contribution in [2.45, 2.75) is 18.5 Å². The Balaban J connectivity index is 2.21. The van der Waals surface area contributed by atoms with Crippen molar-refractivity contribution in [1.29, 1.82) is 0 Å². The molecule has 0 fully saturated rings. The summed E-state index contributed by atoms with van der Waals surface area (Å²) in [6.45, 7) is 1.59. The van der Waals surface area contributed by atoms with Gasteiger partial charge in [0.25, 0.3) is 0 Å². The molecule has 8 heteroatoms. The first-order valence-corrected chi connectivity index (χ1v) is 7.29. The molecular formula is C16H12ClF3N2O2. The fourth-order valence-corrected chi connectivity index (χ4v) is 3.00. The maximum Gasteiger partial charge on any atom is 0.416 e. The number of anilines is 1. The lowest BCUT2D eigenvalue weighted by molar-refractivity contribution is -0.137. The highest BCUT2D eigenvalue weighted by Gasteiger charge is 2.47. The molecule has 0 saturated heterocycles. The SMILES string of the molecule is COc1ncc(Cl)cc1[C@]1(C)C(=O)Nc2cc(C(F)(F)F)ccc21. The van der Waals surface area contributed by atoms with Crippen molar-refractivity contribution in [1.82, 2.24) is 4.98 Å².